The van der Waals surface area contributed by atoms with Gasteiger partial charge in [-0.2, -0.15) is 0 Å². The van der Waals surface area contributed by atoms with Crippen LogP contribution in [0.2, 0.25) is 0 Å². The minimum atomic E-state index is -0.0174. The predicted molar refractivity (Wildman–Crippen MR) is 48.6 cm³/mol. The van der Waals surface area contributed by atoms with Crippen LogP contribution in [0.4, 0.5) is 0 Å². The lowest BCUT2D eigenvalue weighted by molar-refractivity contribution is 0.693. The highest BCUT2D eigenvalue weighted by atomic mass is 15.1. The van der Waals surface area contributed by atoms with Crippen molar-refractivity contribution in [1.29, 1.82) is 0 Å². The van der Waals surface area contributed by atoms with Gasteiger partial charge in [-0.3, -0.25) is 0 Å². The second-order valence-corrected chi connectivity index (χ2v) is 2.54. The molecule has 0 N–H and O–H groups in total. The minimum Gasteiger partial charge on any atom is -0.0859 e. The quantitative estimate of drug-likeness (QED) is 0.370. The standard InChI is InChI=1S/C9H11N3/c1-2-9(11-12-10)8-6-4-3-5-7-8/h3-7,9H,2H2,1H3/t9-/m0/s1. The van der Waals surface area contributed by atoms with Crippen LogP contribution in [-0.4, -0.2) is 0 Å². The summed E-state index contributed by atoms with van der Waals surface area (Å²) >= 11 is 0. The molecular weight excluding hydrogens is 150 g/mol. The van der Waals surface area contributed by atoms with Crippen LogP contribution in [0.1, 0.15) is 24.9 Å². The van der Waals surface area contributed by atoms with Crippen molar-refractivity contribution in [1.82, 2.24) is 0 Å². The molecule has 0 amide bonds. The maximum absolute atomic E-state index is 8.29. The number of hydrogen-bond acceptors (Lipinski definition) is 1. The highest BCUT2D eigenvalue weighted by Crippen LogP contribution is 2.20. The number of azide groups is 1. The summed E-state index contributed by atoms with van der Waals surface area (Å²) in [4.78, 5) is 2.81. The van der Waals surface area contributed by atoms with Crippen LogP contribution in [-0.2, 0) is 0 Å². The molecule has 1 atom stereocenters. The molecule has 0 aliphatic heterocycles. The topological polar surface area (TPSA) is 48.8 Å². The van der Waals surface area contributed by atoms with Gasteiger partial charge in [0.2, 0.25) is 0 Å². The van der Waals surface area contributed by atoms with Gasteiger partial charge in [0, 0.05) is 4.91 Å². The fourth-order valence-corrected chi connectivity index (χ4v) is 1.12. The van der Waals surface area contributed by atoms with E-state index >= 15 is 0 Å². The average Bonchev–Trinajstić information content (AvgIpc) is 2.15. The summed E-state index contributed by atoms with van der Waals surface area (Å²) < 4.78 is 0. The summed E-state index contributed by atoms with van der Waals surface area (Å²) in [5.41, 5.74) is 9.37. The molecule has 0 radical (unpaired) electrons. The Morgan fingerprint density at radius 3 is 2.58 bits per heavy atom. The van der Waals surface area contributed by atoms with Crippen LogP contribution in [0.3, 0.4) is 0 Å². The first-order valence-electron chi connectivity index (χ1n) is 3.97. The summed E-state index contributed by atoms with van der Waals surface area (Å²) in [6.07, 6.45) is 0.841. The molecule has 0 aliphatic rings. The molecule has 12 heavy (non-hydrogen) atoms. The first-order valence-corrected chi connectivity index (χ1v) is 3.97. The Bertz CT molecular complexity index is 275. The molecule has 0 aromatic heterocycles. The van der Waals surface area contributed by atoms with Crippen LogP contribution in [0.25, 0.3) is 10.4 Å². The maximum Gasteiger partial charge on any atom is 0.0622 e. The second-order valence-electron chi connectivity index (χ2n) is 2.54. The molecule has 0 unspecified atom stereocenters. The first-order chi connectivity index (χ1) is 5.88. The van der Waals surface area contributed by atoms with E-state index in [9.17, 15) is 0 Å². The lowest BCUT2D eigenvalue weighted by Gasteiger charge is -2.06. The summed E-state index contributed by atoms with van der Waals surface area (Å²) in [6.45, 7) is 2.01. The molecular formula is C9H11N3. The van der Waals surface area contributed by atoms with E-state index in [0.717, 1.165) is 12.0 Å². The molecule has 0 spiro atoms. The molecule has 0 saturated carbocycles. The lowest BCUT2D eigenvalue weighted by atomic mass is 10.1. The number of hydrogen-bond donors (Lipinski definition) is 0. The van der Waals surface area contributed by atoms with E-state index in [1.54, 1.807) is 0 Å². The Hall–Kier alpha value is -1.47. The largest absolute Gasteiger partial charge is 0.0859 e. The lowest BCUT2D eigenvalue weighted by Crippen LogP contribution is -1.90. The van der Waals surface area contributed by atoms with Gasteiger partial charge in [-0.25, -0.2) is 0 Å². The fourth-order valence-electron chi connectivity index (χ4n) is 1.12. The van der Waals surface area contributed by atoms with E-state index in [2.05, 4.69) is 10.0 Å². The van der Waals surface area contributed by atoms with Crippen molar-refractivity contribution < 1.29 is 0 Å². The zero-order valence-electron chi connectivity index (χ0n) is 7.01. The van der Waals surface area contributed by atoms with E-state index in [1.807, 2.05) is 37.3 Å². The SMILES string of the molecule is CC[C@H](N=[N+]=[N-])c1ccccc1. The van der Waals surface area contributed by atoms with Crippen LogP contribution in [0.15, 0.2) is 35.4 Å². The van der Waals surface area contributed by atoms with Crippen molar-refractivity contribution in [2.75, 3.05) is 0 Å². The zero-order chi connectivity index (χ0) is 8.81. The van der Waals surface area contributed by atoms with Crippen LogP contribution in [0.5, 0.6) is 0 Å². The third-order valence-electron chi connectivity index (χ3n) is 1.76. The van der Waals surface area contributed by atoms with Crippen molar-refractivity contribution in [2.24, 2.45) is 5.11 Å². The maximum atomic E-state index is 8.29. The van der Waals surface area contributed by atoms with E-state index in [1.165, 1.54) is 0 Å². The van der Waals surface area contributed by atoms with Crippen molar-refractivity contribution >= 4 is 0 Å². The molecule has 0 fully saturated rings. The van der Waals surface area contributed by atoms with Crippen LogP contribution in [0, 0.1) is 0 Å². The first kappa shape index (κ1) is 8.62. The van der Waals surface area contributed by atoms with Crippen LogP contribution < -0.4 is 0 Å². The van der Waals surface area contributed by atoms with Crippen molar-refractivity contribution in [3.63, 3.8) is 0 Å². The van der Waals surface area contributed by atoms with Gasteiger partial charge in [-0.05, 0) is 17.5 Å². The van der Waals surface area contributed by atoms with Gasteiger partial charge in [0.1, 0.15) is 0 Å². The highest BCUT2D eigenvalue weighted by molar-refractivity contribution is 5.18. The molecule has 3 heteroatoms. The van der Waals surface area contributed by atoms with Crippen molar-refractivity contribution in [3.8, 4) is 0 Å². The minimum absolute atomic E-state index is 0.0174. The van der Waals surface area contributed by atoms with Gasteiger partial charge in [0.05, 0.1) is 6.04 Å². The van der Waals surface area contributed by atoms with E-state index in [-0.39, 0.29) is 6.04 Å². The molecule has 0 heterocycles. The van der Waals surface area contributed by atoms with Gasteiger partial charge >= 0.3 is 0 Å². The molecule has 1 aromatic rings. The van der Waals surface area contributed by atoms with E-state index in [4.69, 9.17) is 5.53 Å². The summed E-state index contributed by atoms with van der Waals surface area (Å²) in [7, 11) is 0. The summed E-state index contributed by atoms with van der Waals surface area (Å²) in [5.74, 6) is 0. The van der Waals surface area contributed by atoms with Crippen molar-refractivity contribution in [3.05, 3.63) is 46.3 Å². The van der Waals surface area contributed by atoms with Gasteiger partial charge in [-0.1, -0.05) is 42.4 Å². The Labute approximate surface area is 71.7 Å². The van der Waals surface area contributed by atoms with E-state index in [0.29, 0.717) is 0 Å². The normalized spacial score (nSPS) is 11.8. The Kier molecular flexibility index (Phi) is 3.17. The smallest absolute Gasteiger partial charge is 0.0622 e. The van der Waals surface area contributed by atoms with Crippen molar-refractivity contribution in [2.45, 2.75) is 19.4 Å². The summed E-state index contributed by atoms with van der Waals surface area (Å²) in [5, 5.41) is 3.69. The number of nitrogens with zero attached hydrogens (tertiary/aromatic N) is 3. The van der Waals surface area contributed by atoms with Gasteiger partial charge in [0.25, 0.3) is 0 Å². The molecule has 1 aromatic carbocycles. The highest BCUT2D eigenvalue weighted by Gasteiger charge is 2.04. The van der Waals surface area contributed by atoms with Gasteiger partial charge in [-0.15, -0.1) is 0 Å². The second kappa shape index (κ2) is 4.42. The average molecular weight is 161 g/mol. The zero-order valence-corrected chi connectivity index (χ0v) is 7.01. The molecule has 0 bridgehead atoms. The Morgan fingerprint density at radius 1 is 1.42 bits per heavy atom. The van der Waals surface area contributed by atoms with Crippen LogP contribution >= 0.6 is 0 Å². The summed E-state index contributed by atoms with van der Waals surface area (Å²) in [6, 6.07) is 9.78. The number of benzene rings is 1. The Balaban J connectivity index is 2.87. The van der Waals surface area contributed by atoms with E-state index < -0.39 is 0 Å². The van der Waals surface area contributed by atoms with Gasteiger partial charge < -0.3 is 0 Å². The third-order valence-corrected chi connectivity index (χ3v) is 1.76. The fraction of sp³-hybridized carbons (Fsp3) is 0.333. The predicted octanol–water partition coefficient (Wildman–Crippen LogP) is 3.45. The molecule has 0 aliphatic carbocycles. The molecule has 62 valence electrons. The Morgan fingerprint density at radius 2 is 2.08 bits per heavy atom. The third kappa shape index (κ3) is 2.01. The van der Waals surface area contributed by atoms with Gasteiger partial charge in [0.15, 0.2) is 0 Å². The molecule has 1 rings (SSSR count). The monoisotopic (exact) mass is 161 g/mol. The molecule has 0 saturated heterocycles. The molecule has 3 nitrogen and oxygen atoms in total. The number of rotatable bonds is 3.